The first kappa shape index (κ1) is 13.9. The minimum absolute atomic E-state index is 0.522. The molecule has 1 unspecified atom stereocenters. The lowest BCUT2D eigenvalue weighted by atomic mass is 9.96. The van der Waals surface area contributed by atoms with Gasteiger partial charge in [0.05, 0.1) is 0 Å². The molecule has 1 atom stereocenters. The highest BCUT2D eigenvalue weighted by molar-refractivity contribution is 5.86. The third-order valence-corrected chi connectivity index (χ3v) is 3.81. The molecule has 0 fully saturated rings. The lowest BCUT2D eigenvalue weighted by molar-refractivity contribution is 0.413. The first-order valence-electron chi connectivity index (χ1n) is 7.04. The van der Waals surface area contributed by atoms with Gasteiger partial charge in [-0.15, -0.1) is 0 Å². The van der Waals surface area contributed by atoms with E-state index in [9.17, 15) is 0 Å². The number of aryl methyl sites for hydroxylation is 1. The highest BCUT2D eigenvalue weighted by Gasteiger charge is 2.10. The number of fused-ring (bicyclic) bond motifs is 1. The van der Waals surface area contributed by atoms with Crippen molar-refractivity contribution in [3.8, 4) is 0 Å². The van der Waals surface area contributed by atoms with Crippen LogP contribution >= 0.6 is 0 Å². The van der Waals surface area contributed by atoms with Crippen LogP contribution < -0.4 is 11.1 Å². The van der Waals surface area contributed by atoms with Gasteiger partial charge in [-0.05, 0) is 48.2 Å². The molecule has 0 aliphatic heterocycles. The minimum Gasteiger partial charge on any atom is -0.385 e. The van der Waals surface area contributed by atoms with Crippen molar-refractivity contribution in [3.63, 3.8) is 0 Å². The predicted octanol–water partition coefficient (Wildman–Crippen LogP) is 3.79. The Labute approximate surface area is 116 Å². The molecule has 0 bridgehead atoms. The van der Waals surface area contributed by atoms with E-state index in [1.165, 1.54) is 22.0 Å². The minimum atomic E-state index is 0.522. The number of anilines is 1. The van der Waals surface area contributed by atoms with Crippen LogP contribution in [0.3, 0.4) is 0 Å². The maximum absolute atomic E-state index is 5.81. The van der Waals surface area contributed by atoms with Crippen LogP contribution in [-0.2, 0) is 0 Å². The fourth-order valence-corrected chi connectivity index (χ4v) is 2.32. The summed E-state index contributed by atoms with van der Waals surface area (Å²) < 4.78 is 0. The Hall–Kier alpha value is -1.54. The van der Waals surface area contributed by atoms with Gasteiger partial charge in [0, 0.05) is 12.2 Å². The monoisotopic (exact) mass is 256 g/mol. The number of rotatable bonds is 5. The van der Waals surface area contributed by atoms with Crippen molar-refractivity contribution < 1.29 is 0 Å². The summed E-state index contributed by atoms with van der Waals surface area (Å²) in [6.45, 7) is 8.24. The van der Waals surface area contributed by atoms with E-state index in [1.807, 2.05) is 0 Å². The first-order valence-corrected chi connectivity index (χ1v) is 7.04. The van der Waals surface area contributed by atoms with E-state index >= 15 is 0 Å². The van der Waals surface area contributed by atoms with Crippen molar-refractivity contribution in [2.45, 2.75) is 20.8 Å². The zero-order chi connectivity index (χ0) is 13.8. The van der Waals surface area contributed by atoms with E-state index in [4.69, 9.17) is 5.73 Å². The van der Waals surface area contributed by atoms with Crippen LogP contribution in [0.25, 0.3) is 10.8 Å². The van der Waals surface area contributed by atoms with Crippen molar-refractivity contribution in [1.29, 1.82) is 0 Å². The van der Waals surface area contributed by atoms with Gasteiger partial charge < -0.3 is 11.1 Å². The first-order chi connectivity index (χ1) is 9.10. The van der Waals surface area contributed by atoms with E-state index in [0.29, 0.717) is 11.8 Å². The molecule has 2 aromatic rings. The molecule has 0 aliphatic carbocycles. The molecule has 2 nitrogen and oxygen atoms in total. The lowest BCUT2D eigenvalue weighted by Crippen LogP contribution is -2.27. The Morgan fingerprint density at radius 1 is 1.05 bits per heavy atom. The van der Waals surface area contributed by atoms with Gasteiger partial charge in [-0.3, -0.25) is 0 Å². The molecule has 0 saturated heterocycles. The molecule has 2 heteroatoms. The summed E-state index contributed by atoms with van der Waals surface area (Å²) in [5.41, 5.74) is 8.28. The Morgan fingerprint density at radius 2 is 1.74 bits per heavy atom. The van der Waals surface area contributed by atoms with Gasteiger partial charge in [0.2, 0.25) is 0 Å². The fourth-order valence-electron chi connectivity index (χ4n) is 2.32. The Morgan fingerprint density at radius 3 is 2.42 bits per heavy atom. The van der Waals surface area contributed by atoms with E-state index < -0.39 is 0 Å². The highest BCUT2D eigenvalue weighted by Crippen LogP contribution is 2.21. The summed E-state index contributed by atoms with van der Waals surface area (Å²) in [6, 6.07) is 13.1. The number of hydrogen-bond donors (Lipinski definition) is 2. The van der Waals surface area contributed by atoms with Crippen LogP contribution in [-0.4, -0.2) is 13.1 Å². The van der Waals surface area contributed by atoms with E-state index in [0.717, 1.165) is 13.1 Å². The second-order valence-corrected chi connectivity index (χ2v) is 5.69. The fraction of sp³-hybridized carbons (Fsp3) is 0.412. The molecular weight excluding hydrogens is 232 g/mol. The molecule has 3 N–H and O–H groups in total. The summed E-state index contributed by atoms with van der Waals surface area (Å²) in [5, 5.41) is 6.08. The molecule has 102 valence electrons. The SMILES string of the molecule is Cc1ccc2cc(NCC(CN)C(C)C)ccc2c1. The average Bonchev–Trinajstić information content (AvgIpc) is 2.39. The van der Waals surface area contributed by atoms with Crippen molar-refractivity contribution in [1.82, 2.24) is 0 Å². The number of hydrogen-bond acceptors (Lipinski definition) is 2. The Balaban J connectivity index is 2.11. The molecule has 0 heterocycles. The van der Waals surface area contributed by atoms with Gasteiger partial charge in [-0.2, -0.15) is 0 Å². The molecule has 0 amide bonds. The Bertz CT molecular complexity index is 546. The van der Waals surface area contributed by atoms with Crippen molar-refractivity contribution >= 4 is 16.5 Å². The van der Waals surface area contributed by atoms with Crippen molar-refractivity contribution in [2.24, 2.45) is 17.6 Å². The number of benzene rings is 2. The molecule has 2 aromatic carbocycles. The van der Waals surface area contributed by atoms with Crippen molar-refractivity contribution in [3.05, 3.63) is 42.0 Å². The quantitative estimate of drug-likeness (QED) is 0.854. The van der Waals surface area contributed by atoms with Gasteiger partial charge in [-0.1, -0.05) is 43.7 Å². The highest BCUT2D eigenvalue weighted by atomic mass is 14.9. The second kappa shape index (κ2) is 6.07. The summed E-state index contributed by atoms with van der Waals surface area (Å²) in [6.07, 6.45) is 0. The molecule has 0 aromatic heterocycles. The Kier molecular flexibility index (Phi) is 4.43. The van der Waals surface area contributed by atoms with Crippen LogP contribution in [0.15, 0.2) is 36.4 Å². The topological polar surface area (TPSA) is 38.0 Å². The third kappa shape index (κ3) is 3.48. The van der Waals surface area contributed by atoms with E-state index in [2.05, 4.69) is 62.5 Å². The van der Waals surface area contributed by atoms with E-state index in [-0.39, 0.29) is 0 Å². The van der Waals surface area contributed by atoms with Crippen molar-refractivity contribution in [2.75, 3.05) is 18.4 Å². The smallest absolute Gasteiger partial charge is 0.0346 e. The largest absolute Gasteiger partial charge is 0.385 e. The summed E-state index contributed by atoms with van der Waals surface area (Å²) in [4.78, 5) is 0. The van der Waals surface area contributed by atoms with Gasteiger partial charge in [0.25, 0.3) is 0 Å². The summed E-state index contributed by atoms with van der Waals surface area (Å²) in [5.74, 6) is 1.13. The van der Waals surface area contributed by atoms with E-state index in [1.54, 1.807) is 0 Å². The maximum atomic E-state index is 5.81. The predicted molar refractivity (Wildman–Crippen MR) is 84.6 cm³/mol. The molecule has 0 saturated carbocycles. The molecule has 0 spiro atoms. The molecule has 2 rings (SSSR count). The number of nitrogens with two attached hydrogens (primary N) is 1. The normalized spacial score (nSPS) is 12.9. The molecule has 0 aliphatic rings. The standard InChI is InChI=1S/C17H24N2/c1-12(2)16(10-18)11-19-17-7-6-14-8-13(3)4-5-15(14)9-17/h4-9,12,16,19H,10-11,18H2,1-3H3. The van der Waals surface area contributed by atoms with Crippen LogP contribution in [0.1, 0.15) is 19.4 Å². The van der Waals surface area contributed by atoms with Crippen LogP contribution in [0.2, 0.25) is 0 Å². The second-order valence-electron chi connectivity index (χ2n) is 5.69. The maximum Gasteiger partial charge on any atom is 0.0346 e. The summed E-state index contributed by atoms with van der Waals surface area (Å²) in [7, 11) is 0. The van der Waals surface area contributed by atoms with Gasteiger partial charge in [0.1, 0.15) is 0 Å². The molecule has 19 heavy (non-hydrogen) atoms. The van der Waals surface area contributed by atoms with Crippen LogP contribution in [0.5, 0.6) is 0 Å². The molecule has 0 radical (unpaired) electrons. The number of nitrogens with one attached hydrogen (secondary N) is 1. The average molecular weight is 256 g/mol. The van der Waals surface area contributed by atoms with Crippen LogP contribution in [0.4, 0.5) is 5.69 Å². The zero-order valence-corrected chi connectivity index (χ0v) is 12.1. The third-order valence-electron chi connectivity index (χ3n) is 3.81. The molecular formula is C17H24N2. The zero-order valence-electron chi connectivity index (χ0n) is 12.1. The van der Waals surface area contributed by atoms with Gasteiger partial charge in [-0.25, -0.2) is 0 Å². The lowest BCUT2D eigenvalue weighted by Gasteiger charge is -2.20. The van der Waals surface area contributed by atoms with Crippen LogP contribution in [0, 0.1) is 18.8 Å². The van der Waals surface area contributed by atoms with Gasteiger partial charge in [0.15, 0.2) is 0 Å². The summed E-state index contributed by atoms with van der Waals surface area (Å²) >= 11 is 0. The van der Waals surface area contributed by atoms with Gasteiger partial charge >= 0.3 is 0 Å².